The number of aromatic hydroxyl groups is 3. The Morgan fingerprint density at radius 1 is 0.756 bits per heavy atom. The van der Waals surface area contributed by atoms with E-state index in [0.717, 1.165) is 12.1 Å². The fourth-order valence-electron chi connectivity index (χ4n) is 3.90. The maximum Gasteiger partial charge on any atom is 0.330 e. The lowest BCUT2D eigenvalue weighted by Crippen LogP contribution is -2.60. The van der Waals surface area contributed by atoms with Crippen molar-refractivity contribution in [2.45, 2.75) is 30.7 Å². The Morgan fingerprint density at radius 2 is 1.37 bits per heavy atom. The van der Waals surface area contributed by atoms with Crippen LogP contribution < -0.4 is 4.74 Å². The minimum absolute atomic E-state index is 0.0248. The van der Waals surface area contributed by atoms with E-state index in [9.17, 15) is 40.2 Å². The summed E-state index contributed by atoms with van der Waals surface area (Å²) < 4.78 is 16.3. The summed E-state index contributed by atoms with van der Waals surface area (Å²) in [7, 11) is 0. The lowest BCUT2D eigenvalue weighted by atomic mass is 9.99. The first-order valence-electron chi connectivity index (χ1n) is 12.5. The van der Waals surface area contributed by atoms with Gasteiger partial charge in [0.25, 0.3) is 0 Å². The number of ether oxygens (including phenoxy) is 3. The van der Waals surface area contributed by atoms with Crippen LogP contribution in [0, 0.1) is 0 Å². The first-order valence-corrected chi connectivity index (χ1v) is 12.5. The van der Waals surface area contributed by atoms with Gasteiger partial charge in [0.2, 0.25) is 6.29 Å². The monoisotopic (exact) mass is 564 g/mol. The molecule has 1 fully saturated rings. The van der Waals surface area contributed by atoms with E-state index < -0.39 is 49.1 Å². The van der Waals surface area contributed by atoms with Crippen molar-refractivity contribution in [3.8, 4) is 23.0 Å². The second-order valence-electron chi connectivity index (χ2n) is 9.16. The van der Waals surface area contributed by atoms with E-state index in [-0.39, 0.29) is 28.6 Å². The van der Waals surface area contributed by atoms with Crippen molar-refractivity contribution >= 4 is 23.9 Å². The molecule has 0 unspecified atom stereocenters. The highest BCUT2D eigenvalue weighted by atomic mass is 16.7. The Hall–Kier alpha value is -4.68. The molecule has 1 heterocycles. The molecular weight excluding hydrogens is 536 g/mol. The van der Waals surface area contributed by atoms with Crippen LogP contribution in [0.1, 0.15) is 21.5 Å². The first-order chi connectivity index (χ1) is 19.6. The van der Waals surface area contributed by atoms with E-state index in [1.165, 1.54) is 54.6 Å². The second kappa shape index (κ2) is 13.1. The van der Waals surface area contributed by atoms with Crippen LogP contribution in [-0.4, -0.2) is 79.7 Å². The highest BCUT2D eigenvalue weighted by Gasteiger charge is 2.45. The van der Waals surface area contributed by atoms with Crippen LogP contribution in [-0.2, 0) is 14.3 Å². The third-order valence-corrected chi connectivity index (χ3v) is 6.17. The lowest BCUT2D eigenvalue weighted by Gasteiger charge is -2.39. The maximum absolute atomic E-state index is 12.3. The zero-order chi connectivity index (χ0) is 29.5. The zero-order valence-corrected chi connectivity index (χ0v) is 21.5. The van der Waals surface area contributed by atoms with Gasteiger partial charge in [0.15, 0.2) is 5.78 Å². The Labute approximate surface area is 234 Å². The molecule has 0 amide bonds. The van der Waals surface area contributed by atoms with Gasteiger partial charge in [-0.1, -0.05) is 30.3 Å². The summed E-state index contributed by atoms with van der Waals surface area (Å²) in [6.45, 7) is -0.433. The van der Waals surface area contributed by atoms with Crippen LogP contribution in [0.25, 0.3) is 12.2 Å². The van der Waals surface area contributed by atoms with Gasteiger partial charge in [-0.2, -0.15) is 0 Å². The minimum Gasteiger partial charge on any atom is -0.508 e. The van der Waals surface area contributed by atoms with Crippen LogP contribution in [0.4, 0.5) is 0 Å². The summed E-state index contributed by atoms with van der Waals surface area (Å²) in [4.78, 5) is 24.4. The number of allylic oxidation sites excluding steroid dienone is 1. The van der Waals surface area contributed by atoms with Crippen molar-refractivity contribution in [2.75, 3.05) is 6.61 Å². The number of carbonyl (C=O) groups is 2. The molecule has 3 aromatic carbocycles. The average Bonchev–Trinajstić information content (AvgIpc) is 2.96. The molecule has 0 aliphatic carbocycles. The molecule has 6 N–H and O–H groups in total. The average molecular weight is 565 g/mol. The standard InChI is InChI=1S/C30H28O11/c31-19-7-1-17(2-8-19)6-14-26(35)39-16-25-27(36)28(37)29(38)30(41-25)40-21-10-3-18(4-11-21)5-13-23(33)22-12-9-20(32)15-24(22)34/h1-15,25,27-32,34,36-38H,16H2/b13-5+,14-6+/t25-,27-,28+,29-,30-/m1/s1. The SMILES string of the molecule is O=C(/C=C/c1ccc(O)cc1)OC[C@H]1O[C@@H](Oc2ccc(/C=C/C(=O)c3ccc(O)cc3O)cc2)[C@H](O)[C@@H](O)[C@@H]1O. The van der Waals surface area contributed by atoms with Gasteiger partial charge in [-0.25, -0.2) is 4.79 Å². The van der Waals surface area contributed by atoms with Crippen molar-refractivity contribution < 1.29 is 54.4 Å². The number of esters is 1. The van der Waals surface area contributed by atoms with Crippen molar-refractivity contribution in [3.05, 3.63) is 95.6 Å². The van der Waals surface area contributed by atoms with E-state index in [0.29, 0.717) is 11.1 Å². The fraction of sp³-hybridized carbons (Fsp3) is 0.200. The molecule has 0 spiro atoms. The van der Waals surface area contributed by atoms with Gasteiger partial charge in [0.05, 0.1) is 5.56 Å². The molecule has 0 radical (unpaired) electrons. The molecule has 0 aromatic heterocycles. The van der Waals surface area contributed by atoms with Crippen LogP contribution in [0.5, 0.6) is 23.0 Å². The summed E-state index contributed by atoms with van der Waals surface area (Å²) in [5.74, 6) is -1.41. The normalized spacial score (nSPS) is 22.6. The van der Waals surface area contributed by atoms with Crippen molar-refractivity contribution in [1.29, 1.82) is 0 Å². The van der Waals surface area contributed by atoms with Gasteiger partial charge >= 0.3 is 5.97 Å². The summed E-state index contributed by atoms with van der Waals surface area (Å²) >= 11 is 0. The van der Waals surface area contributed by atoms with Gasteiger partial charge in [-0.3, -0.25) is 4.79 Å². The van der Waals surface area contributed by atoms with Crippen LogP contribution in [0.15, 0.2) is 78.9 Å². The fourth-order valence-corrected chi connectivity index (χ4v) is 3.90. The number of phenols is 3. The number of rotatable bonds is 9. The number of aliphatic hydroxyl groups is 3. The molecule has 0 bridgehead atoms. The molecule has 5 atom stereocenters. The van der Waals surface area contributed by atoms with Crippen molar-refractivity contribution in [1.82, 2.24) is 0 Å². The molecule has 11 heteroatoms. The molecule has 1 saturated heterocycles. The van der Waals surface area contributed by atoms with Gasteiger partial charge in [-0.15, -0.1) is 0 Å². The smallest absolute Gasteiger partial charge is 0.330 e. The Morgan fingerprint density at radius 3 is 2.02 bits per heavy atom. The molecule has 1 aliphatic heterocycles. The third kappa shape index (κ3) is 7.71. The topological polar surface area (TPSA) is 183 Å². The Kier molecular flexibility index (Phi) is 9.37. The van der Waals surface area contributed by atoms with Crippen LogP contribution >= 0.6 is 0 Å². The summed E-state index contributed by atoms with van der Waals surface area (Å²) in [6, 6.07) is 16.0. The van der Waals surface area contributed by atoms with Gasteiger partial charge in [-0.05, 0) is 59.7 Å². The van der Waals surface area contributed by atoms with Crippen LogP contribution in [0.2, 0.25) is 0 Å². The van der Waals surface area contributed by atoms with Crippen molar-refractivity contribution in [3.63, 3.8) is 0 Å². The van der Waals surface area contributed by atoms with E-state index in [2.05, 4.69) is 0 Å². The molecule has 1 aliphatic rings. The Bertz CT molecular complexity index is 1410. The molecule has 41 heavy (non-hydrogen) atoms. The lowest BCUT2D eigenvalue weighted by molar-refractivity contribution is -0.278. The molecule has 3 aromatic rings. The highest BCUT2D eigenvalue weighted by molar-refractivity contribution is 6.08. The first kappa shape index (κ1) is 29.3. The number of phenolic OH excluding ortho intramolecular Hbond substituents is 3. The largest absolute Gasteiger partial charge is 0.508 e. The van der Waals surface area contributed by atoms with Crippen LogP contribution in [0.3, 0.4) is 0 Å². The van der Waals surface area contributed by atoms with Gasteiger partial charge < -0.3 is 44.8 Å². The number of hydrogen-bond acceptors (Lipinski definition) is 11. The molecule has 214 valence electrons. The second-order valence-corrected chi connectivity index (χ2v) is 9.16. The predicted molar refractivity (Wildman–Crippen MR) is 145 cm³/mol. The summed E-state index contributed by atoms with van der Waals surface area (Å²) in [5.41, 5.74) is 1.27. The molecular formula is C30H28O11. The van der Waals surface area contributed by atoms with Gasteiger partial charge in [0.1, 0.15) is 54.0 Å². The Balaban J connectivity index is 1.33. The summed E-state index contributed by atoms with van der Waals surface area (Å²) in [5, 5.41) is 59.5. The number of benzene rings is 3. The molecule has 11 nitrogen and oxygen atoms in total. The maximum atomic E-state index is 12.3. The minimum atomic E-state index is -1.64. The number of carbonyl (C=O) groups excluding carboxylic acids is 2. The number of aliphatic hydroxyl groups excluding tert-OH is 3. The third-order valence-electron chi connectivity index (χ3n) is 6.17. The molecule has 0 saturated carbocycles. The predicted octanol–water partition coefficient (Wildman–Crippen LogP) is 2.14. The van der Waals surface area contributed by atoms with E-state index in [4.69, 9.17) is 14.2 Å². The van der Waals surface area contributed by atoms with E-state index in [1.54, 1.807) is 24.3 Å². The van der Waals surface area contributed by atoms with Crippen molar-refractivity contribution in [2.24, 2.45) is 0 Å². The quantitative estimate of drug-likeness (QED) is 0.127. The van der Waals surface area contributed by atoms with E-state index >= 15 is 0 Å². The number of hydrogen-bond donors (Lipinski definition) is 6. The highest BCUT2D eigenvalue weighted by Crippen LogP contribution is 2.26. The van der Waals surface area contributed by atoms with E-state index in [1.807, 2.05) is 0 Å². The van der Waals surface area contributed by atoms with Gasteiger partial charge in [0, 0.05) is 12.1 Å². The number of ketones is 1. The summed E-state index contributed by atoms with van der Waals surface area (Å²) in [6.07, 6.45) is -2.04. The zero-order valence-electron chi connectivity index (χ0n) is 21.5. The molecule has 4 rings (SSSR count).